The minimum absolute atomic E-state index is 0.0388. The third-order valence-electron chi connectivity index (χ3n) is 6.50. The zero-order valence-electron chi connectivity index (χ0n) is 25.7. The molecule has 0 amide bonds. The van der Waals surface area contributed by atoms with Crippen LogP contribution in [0.2, 0.25) is 0 Å². The number of hydrogen-bond donors (Lipinski definition) is 0. The molecule has 46 heavy (non-hydrogen) atoms. The van der Waals surface area contributed by atoms with Crippen molar-refractivity contribution in [2.24, 2.45) is 0 Å². The molecular weight excluding hydrogens is 576 g/mol. The Bertz CT molecular complexity index is 1880. The van der Waals surface area contributed by atoms with Crippen LogP contribution in [-0.4, -0.2) is 38.0 Å². The lowest BCUT2D eigenvalue weighted by Crippen LogP contribution is -2.07. The van der Waals surface area contributed by atoms with E-state index in [1.54, 1.807) is 24.3 Å². The molecule has 0 unspecified atom stereocenters. The number of hydrogen-bond acceptors (Lipinski definition) is 6. The largest absolute Gasteiger partial charge is 0.378 e. The fourth-order valence-corrected chi connectivity index (χ4v) is 3.87. The summed E-state index contributed by atoms with van der Waals surface area (Å²) in [6.45, 7) is 0. The quantitative estimate of drug-likeness (QED) is 0.151. The summed E-state index contributed by atoms with van der Waals surface area (Å²) in [6, 6.07) is 27.3. The second kappa shape index (κ2) is 15.1. The topological polar surface area (TPSA) is 92.8 Å². The molecular formula is C38H28N4O4. The number of nitrogens with zero attached hydrogens (tertiary/aromatic N) is 4. The van der Waals surface area contributed by atoms with E-state index in [-0.39, 0.29) is 11.4 Å². The zero-order valence-corrected chi connectivity index (χ0v) is 25.7. The van der Waals surface area contributed by atoms with Gasteiger partial charge in [0.1, 0.15) is 0 Å². The van der Waals surface area contributed by atoms with Crippen molar-refractivity contribution in [2.45, 2.75) is 0 Å². The van der Waals surface area contributed by atoms with Crippen LogP contribution in [0.5, 0.6) is 0 Å². The van der Waals surface area contributed by atoms with Crippen molar-refractivity contribution >= 4 is 22.7 Å². The SMILES string of the molecule is CN(C)c1ccc(C#C/C(C#Cc2ccc([N+](=O)[O-])cc2)=C(\C#Cc2ccc(N(C)C)cc2)C#Cc2ccc([N+](=O)[O-])cc2)cc1. The van der Waals surface area contributed by atoms with E-state index in [0.29, 0.717) is 22.3 Å². The Kier molecular flexibility index (Phi) is 10.6. The van der Waals surface area contributed by atoms with E-state index in [9.17, 15) is 20.2 Å². The zero-order chi connectivity index (χ0) is 33.1. The van der Waals surface area contributed by atoms with Gasteiger partial charge >= 0.3 is 0 Å². The summed E-state index contributed by atoms with van der Waals surface area (Å²) >= 11 is 0. The minimum atomic E-state index is -0.470. The average molecular weight is 605 g/mol. The number of benzene rings is 4. The third-order valence-corrected chi connectivity index (χ3v) is 6.50. The molecule has 4 aromatic carbocycles. The Labute approximate surface area is 268 Å². The number of nitro groups is 2. The van der Waals surface area contributed by atoms with Crippen LogP contribution in [-0.2, 0) is 0 Å². The predicted octanol–water partition coefficient (Wildman–Crippen LogP) is 6.44. The highest BCUT2D eigenvalue weighted by Crippen LogP contribution is 2.15. The highest BCUT2D eigenvalue weighted by molar-refractivity contribution is 5.65. The van der Waals surface area contributed by atoms with E-state index in [0.717, 1.165) is 22.5 Å². The molecule has 0 aromatic heterocycles. The molecule has 0 heterocycles. The van der Waals surface area contributed by atoms with Crippen LogP contribution in [0.1, 0.15) is 22.3 Å². The minimum Gasteiger partial charge on any atom is -0.378 e. The lowest BCUT2D eigenvalue weighted by atomic mass is 10.1. The number of allylic oxidation sites excluding steroid dienone is 2. The summed E-state index contributed by atoms with van der Waals surface area (Å²) in [5, 5.41) is 22.2. The van der Waals surface area contributed by atoms with Crippen molar-refractivity contribution in [2.75, 3.05) is 38.0 Å². The molecule has 4 rings (SSSR count). The second-order valence-electron chi connectivity index (χ2n) is 10.2. The predicted molar refractivity (Wildman–Crippen MR) is 182 cm³/mol. The molecule has 8 heteroatoms. The first kappa shape index (κ1) is 32.2. The molecule has 0 aliphatic carbocycles. The van der Waals surface area contributed by atoms with Crippen molar-refractivity contribution in [1.29, 1.82) is 0 Å². The average Bonchev–Trinajstić information content (AvgIpc) is 3.06. The lowest BCUT2D eigenvalue weighted by Gasteiger charge is -2.11. The van der Waals surface area contributed by atoms with Crippen molar-refractivity contribution in [1.82, 2.24) is 0 Å². The summed E-state index contributed by atoms with van der Waals surface area (Å²) in [4.78, 5) is 25.2. The number of anilines is 2. The summed E-state index contributed by atoms with van der Waals surface area (Å²) in [5.41, 5.74) is 5.30. The first-order chi connectivity index (χ1) is 22.1. The summed E-state index contributed by atoms with van der Waals surface area (Å²) in [7, 11) is 7.83. The molecule has 0 bridgehead atoms. The fourth-order valence-electron chi connectivity index (χ4n) is 3.87. The van der Waals surface area contributed by atoms with Crippen LogP contribution in [0.25, 0.3) is 0 Å². The van der Waals surface area contributed by atoms with Crippen LogP contribution in [0.3, 0.4) is 0 Å². The van der Waals surface area contributed by atoms with Gasteiger partial charge in [-0.25, -0.2) is 0 Å². The van der Waals surface area contributed by atoms with Crippen molar-refractivity contribution in [3.05, 3.63) is 151 Å². The maximum Gasteiger partial charge on any atom is 0.269 e. The third kappa shape index (κ3) is 9.13. The second-order valence-corrected chi connectivity index (χ2v) is 10.2. The van der Waals surface area contributed by atoms with E-state index in [2.05, 4.69) is 47.4 Å². The molecule has 0 saturated carbocycles. The first-order valence-corrected chi connectivity index (χ1v) is 13.9. The van der Waals surface area contributed by atoms with Gasteiger partial charge in [0.15, 0.2) is 0 Å². The van der Waals surface area contributed by atoms with E-state index in [1.165, 1.54) is 24.3 Å². The molecule has 0 aliphatic heterocycles. The number of nitro benzene ring substituents is 2. The van der Waals surface area contributed by atoms with Crippen molar-refractivity contribution in [3.63, 3.8) is 0 Å². The van der Waals surface area contributed by atoms with Crippen LogP contribution in [0.4, 0.5) is 22.7 Å². The van der Waals surface area contributed by atoms with Gasteiger partial charge in [0.25, 0.3) is 11.4 Å². The van der Waals surface area contributed by atoms with Crippen molar-refractivity contribution in [3.8, 4) is 47.4 Å². The molecule has 224 valence electrons. The highest BCUT2D eigenvalue weighted by Gasteiger charge is 2.05. The van der Waals surface area contributed by atoms with Crippen LogP contribution < -0.4 is 9.80 Å². The molecule has 0 saturated heterocycles. The van der Waals surface area contributed by atoms with Crippen LogP contribution in [0.15, 0.2) is 108 Å². The summed E-state index contributed by atoms with van der Waals surface area (Å²) < 4.78 is 0. The van der Waals surface area contributed by atoms with E-state index < -0.39 is 9.85 Å². The summed E-state index contributed by atoms with van der Waals surface area (Å²) in [6.07, 6.45) is 0. The molecule has 0 aliphatic rings. The maximum atomic E-state index is 11.1. The number of rotatable bonds is 4. The first-order valence-electron chi connectivity index (χ1n) is 13.9. The standard InChI is InChI=1S/C38H28N4O4/c1-39(2)35-21-9-29(10-22-35)5-17-33(19-7-31-13-25-37(26-14-31)41(43)44)34(18-6-30-11-23-36(24-12-30)40(3)4)20-8-32-15-27-38(28-16-32)42(45)46/h9-16,21-28H,1-4H3/b34-33-. The van der Waals surface area contributed by atoms with Gasteiger partial charge in [0.2, 0.25) is 0 Å². The molecule has 4 aromatic rings. The molecule has 0 spiro atoms. The molecule has 0 N–H and O–H groups in total. The maximum absolute atomic E-state index is 11.1. The Morgan fingerprint density at radius 2 is 0.696 bits per heavy atom. The Morgan fingerprint density at radius 1 is 0.457 bits per heavy atom. The van der Waals surface area contributed by atoms with Gasteiger partial charge in [-0.15, -0.1) is 0 Å². The highest BCUT2D eigenvalue weighted by atomic mass is 16.6. The van der Waals surface area contributed by atoms with Crippen molar-refractivity contribution < 1.29 is 9.85 Å². The Hall–Kier alpha value is -6.74. The van der Waals surface area contributed by atoms with Gasteiger partial charge in [-0.1, -0.05) is 47.4 Å². The van der Waals surface area contributed by atoms with Gasteiger partial charge in [-0.3, -0.25) is 20.2 Å². The smallest absolute Gasteiger partial charge is 0.269 e. The van der Waals surface area contributed by atoms with Gasteiger partial charge in [0, 0.05) is 86.1 Å². The Morgan fingerprint density at radius 3 is 0.913 bits per heavy atom. The van der Waals surface area contributed by atoms with Gasteiger partial charge in [-0.05, 0) is 72.8 Å². The van der Waals surface area contributed by atoms with Crippen LogP contribution >= 0.6 is 0 Å². The molecule has 0 radical (unpaired) electrons. The molecule has 0 fully saturated rings. The van der Waals surface area contributed by atoms with Gasteiger partial charge in [-0.2, -0.15) is 0 Å². The monoisotopic (exact) mass is 604 g/mol. The lowest BCUT2D eigenvalue weighted by molar-refractivity contribution is -0.385. The fraction of sp³-hybridized carbons (Fsp3) is 0.105. The Balaban J connectivity index is 1.87. The molecule has 0 atom stereocenters. The van der Waals surface area contributed by atoms with Gasteiger partial charge in [0.05, 0.1) is 21.0 Å². The van der Waals surface area contributed by atoms with E-state index in [1.807, 2.05) is 86.5 Å². The number of non-ortho nitro benzene ring substituents is 2. The van der Waals surface area contributed by atoms with E-state index >= 15 is 0 Å². The van der Waals surface area contributed by atoms with E-state index in [4.69, 9.17) is 0 Å². The van der Waals surface area contributed by atoms with Gasteiger partial charge < -0.3 is 9.80 Å². The van der Waals surface area contributed by atoms with Crippen LogP contribution in [0, 0.1) is 67.6 Å². The normalized spacial score (nSPS) is 10.2. The molecule has 8 nitrogen and oxygen atoms in total. The summed E-state index contributed by atoms with van der Waals surface area (Å²) in [5.74, 6) is 24.8.